The van der Waals surface area contributed by atoms with E-state index in [9.17, 15) is 4.79 Å². The first-order valence-corrected chi connectivity index (χ1v) is 9.03. The van der Waals surface area contributed by atoms with Crippen LogP contribution in [0.2, 0.25) is 0 Å². The molecule has 0 spiro atoms. The van der Waals surface area contributed by atoms with Crippen LogP contribution in [0.4, 0.5) is 4.79 Å². The van der Waals surface area contributed by atoms with Crippen molar-refractivity contribution in [3.8, 4) is 5.75 Å². The molecular weight excluding hydrogens is 328 g/mol. The van der Waals surface area contributed by atoms with Gasteiger partial charge in [0.05, 0.1) is 18.8 Å². The number of rotatable bonds is 5. The maximum atomic E-state index is 12.7. The van der Waals surface area contributed by atoms with Gasteiger partial charge in [-0.25, -0.2) is 4.79 Å². The molecule has 0 bridgehead atoms. The van der Waals surface area contributed by atoms with Crippen LogP contribution < -0.4 is 4.74 Å². The van der Waals surface area contributed by atoms with Crippen molar-refractivity contribution in [1.82, 2.24) is 19.7 Å². The van der Waals surface area contributed by atoms with Gasteiger partial charge in [0.2, 0.25) is 0 Å². The Morgan fingerprint density at radius 3 is 2.65 bits per heavy atom. The number of benzene rings is 1. The second-order valence-corrected chi connectivity index (χ2v) is 6.91. The highest BCUT2D eigenvalue weighted by Gasteiger charge is 2.40. The van der Waals surface area contributed by atoms with Crippen LogP contribution in [0.25, 0.3) is 0 Å². The van der Waals surface area contributed by atoms with Crippen molar-refractivity contribution in [2.45, 2.75) is 19.1 Å². The third kappa shape index (κ3) is 3.51. The predicted molar refractivity (Wildman–Crippen MR) is 98.8 cm³/mol. The molecule has 2 fully saturated rings. The molecular formula is C20H24N4O2. The van der Waals surface area contributed by atoms with E-state index in [1.165, 1.54) is 0 Å². The molecule has 0 radical (unpaired) electrons. The monoisotopic (exact) mass is 352 g/mol. The Labute approximate surface area is 154 Å². The van der Waals surface area contributed by atoms with Gasteiger partial charge in [0.25, 0.3) is 0 Å². The molecule has 1 aromatic heterocycles. The first kappa shape index (κ1) is 16.8. The molecule has 6 heteroatoms. The second-order valence-electron chi connectivity index (χ2n) is 6.91. The van der Waals surface area contributed by atoms with Gasteiger partial charge in [0, 0.05) is 45.5 Å². The van der Waals surface area contributed by atoms with Crippen LogP contribution in [-0.2, 0) is 13.1 Å². The lowest BCUT2D eigenvalue weighted by Gasteiger charge is -2.36. The lowest BCUT2D eigenvalue weighted by Crippen LogP contribution is -2.51. The van der Waals surface area contributed by atoms with Crippen LogP contribution in [-0.4, -0.2) is 65.0 Å². The number of aromatic nitrogens is 1. The van der Waals surface area contributed by atoms with E-state index in [4.69, 9.17) is 4.74 Å². The zero-order valence-corrected chi connectivity index (χ0v) is 15.0. The van der Waals surface area contributed by atoms with Crippen molar-refractivity contribution >= 4 is 6.03 Å². The maximum absolute atomic E-state index is 12.7. The number of hydrogen-bond acceptors (Lipinski definition) is 4. The zero-order chi connectivity index (χ0) is 17.9. The standard InChI is InChI=1S/C20H24N4O2/c1-26-19-7-5-16(6-8-19)12-23-15-18-14-22(10-11-24(18)20(23)25)13-17-4-2-3-9-21-17/h2-9,18H,10-15H2,1H3. The molecule has 0 saturated carbocycles. The van der Waals surface area contributed by atoms with Gasteiger partial charge in [-0.1, -0.05) is 18.2 Å². The number of amides is 2. The van der Waals surface area contributed by atoms with Crippen LogP contribution in [0, 0.1) is 0 Å². The average Bonchev–Trinajstić information content (AvgIpc) is 2.98. The molecule has 2 aliphatic heterocycles. The van der Waals surface area contributed by atoms with Crippen molar-refractivity contribution in [3.05, 3.63) is 59.9 Å². The number of piperazine rings is 1. The normalized spacial score (nSPS) is 20.3. The largest absolute Gasteiger partial charge is 0.497 e. The summed E-state index contributed by atoms with van der Waals surface area (Å²) in [4.78, 5) is 23.5. The maximum Gasteiger partial charge on any atom is 0.320 e. The first-order chi connectivity index (χ1) is 12.7. The van der Waals surface area contributed by atoms with E-state index < -0.39 is 0 Å². The van der Waals surface area contributed by atoms with Crippen LogP contribution >= 0.6 is 0 Å². The fourth-order valence-electron chi connectivity index (χ4n) is 3.79. The highest BCUT2D eigenvalue weighted by Crippen LogP contribution is 2.23. The fourth-order valence-corrected chi connectivity index (χ4v) is 3.79. The Bertz CT molecular complexity index is 750. The molecule has 2 saturated heterocycles. The Morgan fingerprint density at radius 2 is 1.92 bits per heavy atom. The Hall–Kier alpha value is -2.60. The number of pyridine rings is 1. The van der Waals surface area contributed by atoms with Gasteiger partial charge >= 0.3 is 6.03 Å². The summed E-state index contributed by atoms with van der Waals surface area (Å²) in [6.07, 6.45) is 1.83. The van der Waals surface area contributed by atoms with Gasteiger partial charge < -0.3 is 14.5 Å². The molecule has 1 atom stereocenters. The molecule has 2 aromatic rings. The zero-order valence-electron chi connectivity index (χ0n) is 15.0. The highest BCUT2D eigenvalue weighted by atomic mass is 16.5. The van der Waals surface area contributed by atoms with E-state index in [1.54, 1.807) is 7.11 Å². The number of hydrogen-bond donors (Lipinski definition) is 0. The van der Waals surface area contributed by atoms with Crippen LogP contribution in [0.3, 0.4) is 0 Å². The van der Waals surface area contributed by atoms with Gasteiger partial charge in [-0.05, 0) is 29.8 Å². The molecule has 6 nitrogen and oxygen atoms in total. The Morgan fingerprint density at radius 1 is 1.08 bits per heavy atom. The number of carbonyl (C=O) groups is 1. The average molecular weight is 352 g/mol. The molecule has 0 N–H and O–H groups in total. The van der Waals surface area contributed by atoms with Gasteiger partial charge in [0.1, 0.15) is 5.75 Å². The molecule has 4 rings (SSSR count). The van der Waals surface area contributed by atoms with Crippen molar-refractivity contribution in [2.24, 2.45) is 0 Å². The first-order valence-electron chi connectivity index (χ1n) is 9.03. The SMILES string of the molecule is COc1ccc(CN2CC3CN(Cc4ccccn4)CCN3C2=O)cc1. The third-order valence-corrected chi connectivity index (χ3v) is 5.16. The summed E-state index contributed by atoms with van der Waals surface area (Å²) >= 11 is 0. The highest BCUT2D eigenvalue weighted by molar-refractivity contribution is 5.77. The lowest BCUT2D eigenvalue weighted by atomic mass is 10.1. The van der Waals surface area contributed by atoms with Crippen LogP contribution in [0.1, 0.15) is 11.3 Å². The minimum Gasteiger partial charge on any atom is -0.497 e. The number of carbonyl (C=O) groups excluding carboxylic acids is 1. The number of methoxy groups -OCH3 is 1. The molecule has 2 amide bonds. The van der Waals surface area contributed by atoms with Crippen molar-refractivity contribution in [2.75, 3.05) is 33.3 Å². The van der Waals surface area contributed by atoms with E-state index in [0.29, 0.717) is 6.54 Å². The summed E-state index contributed by atoms with van der Waals surface area (Å²) in [6, 6.07) is 14.4. The van der Waals surface area contributed by atoms with Crippen molar-refractivity contribution in [3.63, 3.8) is 0 Å². The van der Waals surface area contributed by atoms with Gasteiger partial charge in [-0.15, -0.1) is 0 Å². The molecule has 136 valence electrons. The molecule has 1 aromatic carbocycles. The summed E-state index contributed by atoms with van der Waals surface area (Å²) in [5, 5.41) is 0. The van der Waals surface area contributed by atoms with Gasteiger partial charge in [-0.2, -0.15) is 0 Å². The summed E-state index contributed by atoms with van der Waals surface area (Å²) < 4.78 is 5.20. The topological polar surface area (TPSA) is 48.9 Å². The molecule has 26 heavy (non-hydrogen) atoms. The quantitative estimate of drug-likeness (QED) is 0.828. The summed E-state index contributed by atoms with van der Waals surface area (Å²) in [7, 11) is 1.66. The molecule has 2 aliphatic rings. The van der Waals surface area contributed by atoms with E-state index in [-0.39, 0.29) is 12.1 Å². The molecule has 3 heterocycles. The molecule has 0 aliphatic carbocycles. The van der Waals surface area contributed by atoms with E-state index >= 15 is 0 Å². The lowest BCUT2D eigenvalue weighted by molar-refractivity contribution is 0.115. The Balaban J connectivity index is 1.37. The van der Waals surface area contributed by atoms with Crippen LogP contribution in [0.5, 0.6) is 5.75 Å². The Kier molecular flexibility index (Phi) is 4.75. The van der Waals surface area contributed by atoms with E-state index in [2.05, 4.69) is 16.0 Å². The molecule has 1 unspecified atom stereocenters. The van der Waals surface area contributed by atoms with E-state index in [1.807, 2.05) is 52.4 Å². The third-order valence-electron chi connectivity index (χ3n) is 5.16. The van der Waals surface area contributed by atoms with Gasteiger partial charge in [-0.3, -0.25) is 9.88 Å². The van der Waals surface area contributed by atoms with Gasteiger partial charge in [0.15, 0.2) is 0 Å². The predicted octanol–water partition coefficient (Wildman–Crippen LogP) is 2.21. The number of nitrogens with zero attached hydrogens (tertiary/aromatic N) is 4. The second kappa shape index (κ2) is 7.33. The summed E-state index contributed by atoms with van der Waals surface area (Å²) in [5.41, 5.74) is 2.21. The van der Waals surface area contributed by atoms with Crippen molar-refractivity contribution in [1.29, 1.82) is 0 Å². The number of ether oxygens (including phenoxy) is 1. The van der Waals surface area contributed by atoms with Crippen molar-refractivity contribution < 1.29 is 9.53 Å². The minimum absolute atomic E-state index is 0.156. The van der Waals surface area contributed by atoms with E-state index in [0.717, 1.165) is 49.7 Å². The van der Waals surface area contributed by atoms with Crippen LogP contribution in [0.15, 0.2) is 48.7 Å². The smallest absolute Gasteiger partial charge is 0.320 e. The summed E-state index contributed by atoms with van der Waals surface area (Å²) in [5.74, 6) is 0.837. The number of fused-ring (bicyclic) bond motifs is 1. The summed E-state index contributed by atoms with van der Waals surface area (Å²) in [6.45, 7) is 4.86. The minimum atomic E-state index is 0.156. The fraction of sp³-hybridized carbons (Fsp3) is 0.400. The number of urea groups is 1.